The summed E-state index contributed by atoms with van der Waals surface area (Å²) in [6.07, 6.45) is 2.94. The van der Waals surface area contributed by atoms with Gasteiger partial charge in [0, 0.05) is 6.54 Å². The Morgan fingerprint density at radius 3 is 2.63 bits per heavy atom. The summed E-state index contributed by atoms with van der Waals surface area (Å²) in [6.45, 7) is 2.70. The maximum atomic E-state index is 11.9. The number of hydrogen-bond donors (Lipinski definition) is 2. The van der Waals surface area contributed by atoms with E-state index in [2.05, 4.69) is 46.7 Å². The Morgan fingerprint density at radius 1 is 1.21 bits per heavy atom. The van der Waals surface area contributed by atoms with Gasteiger partial charge >= 0.3 is 0 Å². The quantitative estimate of drug-likeness (QED) is 0.890. The molecule has 7 nitrogen and oxygen atoms in total. The van der Waals surface area contributed by atoms with Crippen LogP contribution >= 0.6 is 15.9 Å². The number of carbonyl (C=O) groups excluding carboxylic acids is 1. The monoisotopic (exact) mass is 322 g/mol. The largest absolute Gasteiger partial charge is 0.369 e. The molecule has 0 aliphatic rings. The van der Waals surface area contributed by atoms with E-state index in [4.69, 9.17) is 0 Å². The van der Waals surface area contributed by atoms with Crippen molar-refractivity contribution < 1.29 is 4.79 Å². The van der Waals surface area contributed by atoms with E-state index in [1.807, 2.05) is 6.92 Å². The zero-order valence-corrected chi connectivity index (χ0v) is 11.7. The molecular weight excluding hydrogens is 312 g/mol. The summed E-state index contributed by atoms with van der Waals surface area (Å²) in [5.74, 6) is 0.598. The lowest BCUT2D eigenvalue weighted by atomic mass is 10.3. The molecule has 2 heterocycles. The van der Waals surface area contributed by atoms with Gasteiger partial charge in [0.2, 0.25) is 0 Å². The number of nitrogens with one attached hydrogen (secondary N) is 2. The highest BCUT2D eigenvalue weighted by atomic mass is 79.9. The molecule has 2 aromatic heterocycles. The van der Waals surface area contributed by atoms with E-state index < -0.39 is 0 Å². The van der Waals surface area contributed by atoms with Crippen LogP contribution in [-0.2, 0) is 0 Å². The number of amides is 1. The van der Waals surface area contributed by atoms with Crippen molar-refractivity contribution in [3.63, 3.8) is 0 Å². The summed E-state index contributed by atoms with van der Waals surface area (Å²) in [5.41, 5.74) is 0.214. The Hall–Kier alpha value is -2.09. The average Bonchev–Trinajstić information content (AvgIpc) is 2.42. The predicted molar refractivity (Wildman–Crippen MR) is 73.9 cm³/mol. The molecule has 0 saturated carbocycles. The lowest BCUT2D eigenvalue weighted by Gasteiger charge is -2.04. The molecule has 19 heavy (non-hydrogen) atoms. The Kier molecular flexibility index (Phi) is 4.35. The SMILES string of the molecule is CCNc1ccc(C(=O)Nc2cnc(Br)cn2)nn1. The Labute approximate surface area is 118 Å². The van der Waals surface area contributed by atoms with Crippen molar-refractivity contribution in [1.82, 2.24) is 20.2 Å². The molecule has 0 spiro atoms. The molecule has 8 heteroatoms. The number of anilines is 2. The van der Waals surface area contributed by atoms with Crippen molar-refractivity contribution in [2.24, 2.45) is 0 Å². The molecule has 0 radical (unpaired) electrons. The first kappa shape index (κ1) is 13.3. The molecule has 2 rings (SSSR count). The summed E-state index contributed by atoms with van der Waals surface area (Å²) in [4.78, 5) is 19.8. The molecular formula is C11H11BrN6O. The summed E-state index contributed by atoms with van der Waals surface area (Å²) in [7, 11) is 0. The highest BCUT2D eigenvalue weighted by Gasteiger charge is 2.09. The van der Waals surface area contributed by atoms with Crippen molar-refractivity contribution in [3.8, 4) is 0 Å². The second-order valence-corrected chi connectivity index (χ2v) is 4.33. The summed E-state index contributed by atoms with van der Waals surface area (Å²) >= 11 is 3.16. The van der Waals surface area contributed by atoms with Gasteiger partial charge in [-0.15, -0.1) is 10.2 Å². The van der Waals surface area contributed by atoms with Crippen LogP contribution in [-0.4, -0.2) is 32.6 Å². The highest BCUT2D eigenvalue weighted by molar-refractivity contribution is 9.10. The summed E-state index contributed by atoms with van der Waals surface area (Å²) < 4.78 is 0.597. The van der Waals surface area contributed by atoms with Crippen LogP contribution in [0.5, 0.6) is 0 Å². The maximum absolute atomic E-state index is 11.9. The van der Waals surface area contributed by atoms with Gasteiger partial charge in [0.15, 0.2) is 11.5 Å². The van der Waals surface area contributed by atoms with Gasteiger partial charge in [0.05, 0.1) is 12.4 Å². The van der Waals surface area contributed by atoms with Gasteiger partial charge in [0.1, 0.15) is 10.4 Å². The van der Waals surface area contributed by atoms with E-state index in [-0.39, 0.29) is 11.6 Å². The van der Waals surface area contributed by atoms with E-state index in [0.29, 0.717) is 16.2 Å². The van der Waals surface area contributed by atoms with Crippen molar-refractivity contribution in [2.45, 2.75) is 6.92 Å². The van der Waals surface area contributed by atoms with E-state index in [0.717, 1.165) is 6.54 Å². The molecule has 2 N–H and O–H groups in total. The Bertz CT molecular complexity index is 556. The topological polar surface area (TPSA) is 92.7 Å². The molecule has 0 atom stereocenters. The lowest BCUT2D eigenvalue weighted by molar-refractivity contribution is 0.102. The molecule has 0 aliphatic carbocycles. The zero-order chi connectivity index (χ0) is 13.7. The number of hydrogen-bond acceptors (Lipinski definition) is 6. The van der Waals surface area contributed by atoms with Crippen LogP contribution in [0.15, 0.2) is 29.1 Å². The first-order valence-electron chi connectivity index (χ1n) is 5.55. The van der Waals surface area contributed by atoms with Gasteiger partial charge in [-0.25, -0.2) is 9.97 Å². The van der Waals surface area contributed by atoms with Crippen LogP contribution in [0.3, 0.4) is 0 Å². The smallest absolute Gasteiger partial charge is 0.277 e. The van der Waals surface area contributed by atoms with Crippen LogP contribution in [0.1, 0.15) is 17.4 Å². The van der Waals surface area contributed by atoms with Crippen LogP contribution in [0.25, 0.3) is 0 Å². The van der Waals surface area contributed by atoms with E-state index in [1.54, 1.807) is 12.1 Å². The van der Waals surface area contributed by atoms with Gasteiger partial charge < -0.3 is 10.6 Å². The van der Waals surface area contributed by atoms with Gasteiger partial charge in [-0.2, -0.15) is 0 Å². The van der Waals surface area contributed by atoms with Gasteiger partial charge in [0.25, 0.3) is 5.91 Å². The number of aromatic nitrogens is 4. The van der Waals surface area contributed by atoms with E-state index in [9.17, 15) is 4.79 Å². The Balaban J connectivity index is 2.05. The molecule has 0 unspecified atom stereocenters. The number of halogens is 1. The predicted octanol–water partition coefficient (Wildman–Crippen LogP) is 1.71. The number of nitrogens with zero attached hydrogens (tertiary/aromatic N) is 4. The Morgan fingerprint density at radius 2 is 2.05 bits per heavy atom. The normalized spacial score (nSPS) is 10.0. The maximum Gasteiger partial charge on any atom is 0.277 e. The molecule has 0 aliphatic heterocycles. The van der Waals surface area contributed by atoms with Crippen LogP contribution in [0, 0.1) is 0 Å². The van der Waals surface area contributed by atoms with E-state index in [1.165, 1.54) is 12.4 Å². The third-order valence-electron chi connectivity index (χ3n) is 2.12. The van der Waals surface area contributed by atoms with Gasteiger partial charge in [-0.05, 0) is 35.0 Å². The molecule has 2 aromatic rings. The fourth-order valence-electron chi connectivity index (χ4n) is 1.29. The average molecular weight is 323 g/mol. The van der Waals surface area contributed by atoms with Crippen molar-refractivity contribution in [1.29, 1.82) is 0 Å². The van der Waals surface area contributed by atoms with Crippen LogP contribution in [0.2, 0.25) is 0 Å². The summed E-state index contributed by atoms with van der Waals surface area (Å²) in [5, 5.41) is 13.3. The molecule has 0 bridgehead atoms. The second kappa shape index (κ2) is 6.19. The first-order valence-corrected chi connectivity index (χ1v) is 6.35. The van der Waals surface area contributed by atoms with Crippen molar-refractivity contribution in [2.75, 3.05) is 17.2 Å². The standard InChI is InChI=1S/C11H11BrN6O/c1-2-13-9-4-3-7(17-18-9)11(19)16-10-6-14-8(12)5-15-10/h3-6H,2H2,1H3,(H,13,18)(H,15,16,19). The van der Waals surface area contributed by atoms with Gasteiger partial charge in [-0.3, -0.25) is 4.79 Å². The zero-order valence-electron chi connectivity index (χ0n) is 10.1. The highest BCUT2D eigenvalue weighted by Crippen LogP contribution is 2.08. The second-order valence-electron chi connectivity index (χ2n) is 3.51. The first-order chi connectivity index (χ1) is 9.19. The van der Waals surface area contributed by atoms with Crippen LogP contribution < -0.4 is 10.6 Å². The minimum Gasteiger partial charge on any atom is -0.369 e. The fraction of sp³-hybridized carbons (Fsp3) is 0.182. The number of rotatable bonds is 4. The van der Waals surface area contributed by atoms with Crippen LogP contribution in [0.4, 0.5) is 11.6 Å². The summed E-state index contributed by atoms with van der Waals surface area (Å²) in [6, 6.07) is 3.28. The van der Waals surface area contributed by atoms with Crippen molar-refractivity contribution >= 4 is 33.5 Å². The lowest BCUT2D eigenvalue weighted by Crippen LogP contribution is -2.15. The van der Waals surface area contributed by atoms with Crippen molar-refractivity contribution in [3.05, 3.63) is 34.8 Å². The molecule has 0 fully saturated rings. The molecule has 0 saturated heterocycles. The minimum atomic E-state index is -0.382. The third-order valence-corrected chi connectivity index (χ3v) is 2.53. The van der Waals surface area contributed by atoms with E-state index >= 15 is 0 Å². The minimum absolute atomic E-state index is 0.214. The fourth-order valence-corrected chi connectivity index (χ4v) is 1.49. The molecule has 98 valence electrons. The number of carbonyl (C=O) groups is 1. The molecule has 0 aromatic carbocycles. The molecule has 1 amide bonds. The van der Waals surface area contributed by atoms with Gasteiger partial charge in [-0.1, -0.05) is 0 Å². The third kappa shape index (κ3) is 3.68.